The predicted molar refractivity (Wildman–Crippen MR) is 47.1 cm³/mol. The second-order valence-electron chi connectivity index (χ2n) is 1.97. The molecule has 0 saturated heterocycles. The summed E-state index contributed by atoms with van der Waals surface area (Å²) in [6, 6.07) is 3.62. The smallest absolute Gasteiger partial charge is 0.144 e. The topological polar surface area (TPSA) is 38.9 Å². The highest BCUT2D eigenvalue weighted by Crippen LogP contribution is 1.98. The maximum absolute atomic E-state index is 5.40. The molecule has 0 aliphatic rings. The Labute approximate surface area is 68.7 Å². The first-order valence-corrected chi connectivity index (χ1v) is 4.72. The van der Waals surface area contributed by atoms with Gasteiger partial charge in [0.15, 0.2) is 0 Å². The molecule has 2 radical (unpaired) electrons. The van der Waals surface area contributed by atoms with E-state index in [1.54, 1.807) is 12.3 Å². The van der Waals surface area contributed by atoms with E-state index < -0.39 is 0 Å². The summed E-state index contributed by atoms with van der Waals surface area (Å²) in [5.74, 6) is 3.50. The zero-order chi connectivity index (χ0) is 8.10. The summed E-state index contributed by atoms with van der Waals surface area (Å²) in [7, 11) is 0.660. The first-order valence-electron chi connectivity index (χ1n) is 3.22. The van der Waals surface area contributed by atoms with E-state index >= 15 is 0 Å². The van der Waals surface area contributed by atoms with Gasteiger partial charge in [-0.25, -0.2) is 4.98 Å². The molecule has 0 atom stereocenters. The fourth-order valence-corrected chi connectivity index (χ4v) is 0.883. The molecule has 0 unspecified atom stereocenters. The van der Waals surface area contributed by atoms with E-state index in [1.807, 2.05) is 12.6 Å². The van der Waals surface area contributed by atoms with Crippen molar-refractivity contribution in [2.45, 2.75) is 6.55 Å². The van der Waals surface area contributed by atoms with Crippen LogP contribution in [0.5, 0.6) is 0 Å². The van der Waals surface area contributed by atoms with E-state index in [4.69, 9.17) is 5.73 Å². The summed E-state index contributed by atoms with van der Waals surface area (Å²) in [4.78, 5) is 3.91. The van der Waals surface area contributed by atoms with Crippen molar-refractivity contribution in [3.05, 3.63) is 23.9 Å². The van der Waals surface area contributed by atoms with E-state index in [0.717, 1.165) is 5.56 Å². The quantitative estimate of drug-likeness (QED) is 0.449. The summed E-state index contributed by atoms with van der Waals surface area (Å²) in [5, 5.41) is 0. The van der Waals surface area contributed by atoms with Crippen LogP contribution >= 0.6 is 0 Å². The predicted octanol–water partition coefficient (Wildman–Crippen LogP) is 0.725. The van der Waals surface area contributed by atoms with Crippen LogP contribution in [0.25, 0.3) is 0 Å². The average molecular weight is 160 g/mol. The lowest BCUT2D eigenvalue weighted by Crippen LogP contribution is -1.88. The highest BCUT2D eigenvalue weighted by molar-refractivity contribution is 6.44. The zero-order valence-corrected chi connectivity index (χ0v) is 7.26. The number of hydrogen-bond acceptors (Lipinski definition) is 2. The molecule has 0 fully saturated rings. The van der Waals surface area contributed by atoms with Crippen molar-refractivity contribution in [1.29, 1.82) is 0 Å². The van der Waals surface area contributed by atoms with Gasteiger partial charge in [0, 0.05) is 11.8 Å². The number of aromatic nitrogens is 1. The average Bonchev–Trinajstić information content (AvgIpc) is 2.04. The largest absolute Gasteiger partial charge is 0.384 e. The number of nitrogens with zero attached hydrogens (tertiary/aromatic N) is 1. The van der Waals surface area contributed by atoms with Crippen LogP contribution < -0.4 is 5.73 Å². The molecule has 0 amide bonds. The molecule has 54 valence electrons. The Bertz CT molecular complexity index is 281. The van der Waals surface area contributed by atoms with Gasteiger partial charge in [0.25, 0.3) is 0 Å². The molecule has 2 N–H and O–H groups in total. The standard InChI is InChI=1S/C8H8N2Si/c1-11-5-4-7-2-3-8(9)10-6-7/h2-3,6H,1H3,(H2,9,10). The van der Waals surface area contributed by atoms with E-state index in [2.05, 4.69) is 16.4 Å². The highest BCUT2D eigenvalue weighted by Gasteiger charge is 1.85. The van der Waals surface area contributed by atoms with E-state index in [0.29, 0.717) is 15.3 Å². The van der Waals surface area contributed by atoms with Gasteiger partial charge < -0.3 is 5.73 Å². The maximum atomic E-state index is 5.40. The van der Waals surface area contributed by atoms with Gasteiger partial charge in [-0.05, 0) is 12.1 Å². The number of nitrogens with two attached hydrogens (primary N) is 1. The van der Waals surface area contributed by atoms with Crippen LogP contribution in [-0.4, -0.2) is 14.5 Å². The second kappa shape index (κ2) is 3.79. The number of nitrogen functional groups attached to an aromatic ring is 1. The Morgan fingerprint density at radius 3 is 2.91 bits per heavy atom. The van der Waals surface area contributed by atoms with Crippen LogP contribution in [0.3, 0.4) is 0 Å². The monoisotopic (exact) mass is 160 g/mol. The summed E-state index contributed by atoms with van der Waals surface area (Å²) in [5.41, 5.74) is 9.30. The summed E-state index contributed by atoms with van der Waals surface area (Å²) < 4.78 is 0. The van der Waals surface area contributed by atoms with Gasteiger partial charge in [-0.2, -0.15) is 0 Å². The van der Waals surface area contributed by atoms with Crippen LogP contribution in [0, 0.1) is 11.5 Å². The molecule has 1 aromatic rings. The molecule has 0 saturated carbocycles. The van der Waals surface area contributed by atoms with Crippen molar-refractivity contribution in [2.75, 3.05) is 5.73 Å². The van der Waals surface area contributed by atoms with Crippen molar-refractivity contribution in [1.82, 2.24) is 4.98 Å². The highest BCUT2D eigenvalue weighted by atomic mass is 28.2. The Morgan fingerprint density at radius 1 is 1.55 bits per heavy atom. The van der Waals surface area contributed by atoms with Crippen LogP contribution in [-0.2, 0) is 0 Å². The zero-order valence-electron chi connectivity index (χ0n) is 6.26. The molecule has 0 aliphatic carbocycles. The Morgan fingerprint density at radius 2 is 2.36 bits per heavy atom. The minimum Gasteiger partial charge on any atom is -0.384 e. The fourth-order valence-electron chi connectivity index (χ4n) is 0.614. The third kappa shape index (κ3) is 2.44. The normalized spacial score (nSPS) is 8.45. The number of rotatable bonds is 0. The lowest BCUT2D eigenvalue weighted by Gasteiger charge is -1.89. The Balaban J connectivity index is 2.82. The molecule has 0 aliphatic heterocycles. The van der Waals surface area contributed by atoms with Crippen molar-refractivity contribution >= 4 is 15.3 Å². The van der Waals surface area contributed by atoms with Gasteiger partial charge in [0.2, 0.25) is 0 Å². The molecule has 0 aromatic carbocycles. The fraction of sp³-hybridized carbons (Fsp3) is 0.125. The third-order valence-corrected chi connectivity index (χ3v) is 1.49. The second-order valence-corrected chi connectivity index (χ2v) is 2.72. The minimum absolute atomic E-state index is 0.537. The molecule has 0 spiro atoms. The van der Waals surface area contributed by atoms with E-state index in [1.165, 1.54) is 0 Å². The van der Waals surface area contributed by atoms with E-state index in [9.17, 15) is 0 Å². The third-order valence-electron chi connectivity index (χ3n) is 1.12. The summed E-state index contributed by atoms with van der Waals surface area (Å²) in [6.07, 6.45) is 1.68. The Hall–Kier alpha value is -1.27. The minimum atomic E-state index is 0.537. The van der Waals surface area contributed by atoms with Crippen molar-refractivity contribution < 1.29 is 0 Å². The number of pyridine rings is 1. The lowest BCUT2D eigenvalue weighted by atomic mass is 10.3. The lowest BCUT2D eigenvalue weighted by molar-refractivity contribution is 1.32. The Kier molecular flexibility index (Phi) is 2.70. The molecule has 1 heterocycles. The number of anilines is 1. The van der Waals surface area contributed by atoms with Gasteiger partial charge in [-0.3, -0.25) is 0 Å². The van der Waals surface area contributed by atoms with Crippen molar-refractivity contribution in [3.8, 4) is 11.5 Å². The van der Waals surface area contributed by atoms with Gasteiger partial charge in [-0.15, -0.1) is 5.54 Å². The van der Waals surface area contributed by atoms with E-state index in [-0.39, 0.29) is 0 Å². The summed E-state index contributed by atoms with van der Waals surface area (Å²) in [6.45, 7) is 2.04. The maximum Gasteiger partial charge on any atom is 0.144 e. The molecule has 1 aromatic heterocycles. The molecule has 2 nitrogen and oxygen atoms in total. The molecule has 11 heavy (non-hydrogen) atoms. The molecule has 0 bridgehead atoms. The first-order chi connectivity index (χ1) is 5.33. The van der Waals surface area contributed by atoms with Crippen LogP contribution in [0.15, 0.2) is 18.3 Å². The van der Waals surface area contributed by atoms with Crippen LogP contribution in [0.4, 0.5) is 5.82 Å². The molecule has 1 rings (SSSR count). The van der Waals surface area contributed by atoms with Gasteiger partial charge >= 0.3 is 0 Å². The van der Waals surface area contributed by atoms with Crippen LogP contribution in [0.1, 0.15) is 5.56 Å². The van der Waals surface area contributed by atoms with Crippen LogP contribution in [0.2, 0.25) is 6.55 Å². The molecular formula is C8H8N2Si. The SMILES string of the molecule is C[Si]C#Cc1ccc(N)nc1. The molecular weight excluding hydrogens is 152 g/mol. The van der Waals surface area contributed by atoms with Crippen molar-refractivity contribution in [2.24, 2.45) is 0 Å². The number of hydrogen-bond donors (Lipinski definition) is 1. The van der Waals surface area contributed by atoms with Gasteiger partial charge in [-0.1, -0.05) is 12.5 Å². The van der Waals surface area contributed by atoms with Gasteiger partial charge in [0.05, 0.1) is 0 Å². The summed E-state index contributed by atoms with van der Waals surface area (Å²) >= 11 is 0. The van der Waals surface area contributed by atoms with Gasteiger partial charge in [0.1, 0.15) is 15.3 Å². The first kappa shape index (κ1) is 7.83. The van der Waals surface area contributed by atoms with Crippen molar-refractivity contribution in [3.63, 3.8) is 0 Å². The molecule has 3 heteroatoms.